The number of nitrogens with one attached hydrogen (secondary N) is 1. The van der Waals surface area contributed by atoms with Gasteiger partial charge in [-0.15, -0.1) is 0 Å². The summed E-state index contributed by atoms with van der Waals surface area (Å²) in [5.41, 5.74) is -0.00290. The highest BCUT2D eigenvalue weighted by atomic mass is 16.5. The Morgan fingerprint density at radius 1 is 1.40 bits per heavy atom. The number of aromatic carboxylic acids is 1. The standard InChI is InChI=1S/C14H17NO5/c1-8(13(16)15-9-3-4-9)20-12-7-10(19-2)5-6-11(12)14(17)18/h5-9H,3-4H2,1-2H3,(H,15,16)(H,17,18). The molecule has 1 unspecified atom stereocenters. The first-order valence-corrected chi connectivity index (χ1v) is 6.39. The minimum absolute atomic E-state index is 0.00290. The Balaban J connectivity index is 2.12. The van der Waals surface area contributed by atoms with Gasteiger partial charge in [0.05, 0.1) is 7.11 Å². The lowest BCUT2D eigenvalue weighted by Gasteiger charge is -2.16. The van der Waals surface area contributed by atoms with E-state index in [1.54, 1.807) is 6.92 Å². The summed E-state index contributed by atoms with van der Waals surface area (Å²) in [6.07, 6.45) is 1.21. The molecule has 1 aliphatic rings. The summed E-state index contributed by atoms with van der Waals surface area (Å²) in [5.74, 6) is -0.765. The smallest absolute Gasteiger partial charge is 0.339 e. The lowest BCUT2D eigenvalue weighted by molar-refractivity contribution is -0.127. The van der Waals surface area contributed by atoms with Crippen molar-refractivity contribution in [2.24, 2.45) is 0 Å². The number of rotatable bonds is 6. The number of benzene rings is 1. The monoisotopic (exact) mass is 279 g/mol. The van der Waals surface area contributed by atoms with Gasteiger partial charge in [0.2, 0.25) is 0 Å². The second-order valence-corrected chi connectivity index (χ2v) is 4.71. The van der Waals surface area contributed by atoms with Crippen LogP contribution in [0.3, 0.4) is 0 Å². The lowest BCUT2D eigenvalue weighted by atomic mass is 10.2. The van der Waals surface area contributed by atoms with Crippen LogP contribution in [0.1, 0.15) is 30.1 Å². The Bertz CT molecular complexity index is 524. The van der Waals surface area contributed by atoms with Crippen molar-refractivity contribution in [2.45, 2.75) is 31.9 Å². The summed E-state index contributed by atoms with van der Waals surface area (Å²) in [6.45, 7) is 1.59. The molecule has 0 bridgehead atoms. The zero-order chi connectivity index (χ0) is 14.7. The summed E-state index contributed by atoms with van der Waals surface area (Å²) in [5, 5.41) is 11.9. The van der Waals surface area contributed by atoms with Crippen LogP contribution in [0.25, 0.3) is 0 Å². The molecule has 20 heavy (non-hydrogen) atoms. The van der Waals surface area contributed by atoms with Gasteiger partial charge in [0.15, 0.2) is 6.10 Å². The second kappa shape index (κ2) is 5.81. The van der Waals surface area contributed by atoms with E-state index >= 15 is 0 Å². The molecular weight excluding hydrogens is 262 g/mol. The van der Waals surface area contributed by atoms with Crippen LogP contribution >= 0.6 is 0 Å². The Kier molecular flexibility index (Phi) is 4.12. The van der Waals surface area contributed by atoms with Crippen molar-refractivity contribution in [3.05, 3.63) is 23.8 Å². The topological polar surface area (TPSA) is 84.9 Å². The molecule has 1 aliphatic carbocycles. The first-order valence-electron chi connectivity index (χ1n) is 6.39. The predicted octanol–water partition coefficient (Wildman–Crippen LogP) is 1.44. The molecule has 0 saturated heterocycles. The maximum Gasteiger partial charge on any atom is 0.339 e. The van der Waals surface area contributed by atoms with E-state index in [0.29, 0.717) is 5.75 Å². The van der Waals surface area contributed by atoms with Crippen LogP contribution in [-0.2, 0) is 4.79 Å². The molecule has 1 atom stereocenters. The molecule has 6 nitrogen and oxygen atoms in total. The van der Waals surface area contributed by atoms with E-state index in [2.05, 4.69) is 5.32 Å². The third kappa shape index (κ3) is 3.40. The first-order chi connectivity index (χ1) is 9.51. The van der Waals surface area contributed by atoms with E-state index in [1.165, 1.54) is 25.3 Å². The van der Waals surface area contributed by atoms with E-state index in [-0.39, 0.29) is 23.3 Å². The fraction of sp³-hybridized carbons (Fsp3) is 0.429. The quantitative estimate of drug-likeness (QED) is 0.823. The summed E-state index contributed by atoms with van der Waals surface area (Å²) < 4.78 is 10.5. The van der Waals surface area contributed by atoms with Gasteiger partial charge < -0.3 is 19.9 Å². The average molecular weight is 279 g/mol. The minimum atomic E-state index is -1.11. The molecule has 6 heteroatoms. The van der Waals surface area contributed by atoms with Crippen LogP contribution in [0.15, 0.2) is 18.2 Å². The van der Waals surface area contributed by atoms with Crippen LogP contribution in [0.2, 0.25) is 0 Å². The summed E-state index contributed by atoms with van der Waals surface area (Å²) in [4.78, 5) is 23.0. The molecule has 1 amide bonds. The van der Waals surface area contributed by atoms with E-state index in [1.807, 2.05) is 0 Å². The molecule has 1 aromatic rings. The molecule has 108 valence electrons. The third-order valence-corrected chi connectivity index (χ3v) is 3.02. The molecule has 0 radical (unpaired) electrons. The molecule has 0 aliphatic heterocycles. The van der Waals surface area contributed by atoms with Crippen molar-refractivity contribution < 1.29 is 24.2 Å². The van der Waals surface area contributed by atoms with Crippen molar-refractivity contribution in [2.75, 3.05) is 7.11 Å². The number of carbonyl (C=O) groups excluding carboxylic acids is 1. The van der Waals surface area contributed by atoms with Crippen molar-refractivity contribution in [1.82, 2.24) is 5.32 Å². The highest BCUT2D eigenvalue weighted by Gasteiger charge is 2.27. The zero-order valence-electron chi connectivity index (χ0n) is 11.4. The molecule has 0 aromatic heterocycles. The summed E-state index contributed by atoms with van der Waals surface area (Å²) >= 11 is 0. The fourth-order valence-corrected chi connectivity index (χ4v) is 1.69. The highest BCUT2D eigenvalue weighted by Crippen LogP contribution is 2.26. The van der Waals surface area contributed by atoms with E-state index in [9.17, 15) is 9.59 Å². The van der Waals surface area contributed by atoms with E-state index in [0.717, 1.165) is 12.8 Å². The van der Waals surface area contributed by atoms with E-state index in [4.69, 9.17) is 14.6 Å². The molecule has 1 fully saturated rings. The van der Waals surface area contributed by atoms with Gasteiger partial charge in [0.25, 0.3) is 5.91 Å². The molecule has 2 rings (SSSR count). The maximum atomic E-state index is 11.8. The van der Waals surface area contributed by atoms with Crippen molar-refractivity contribution >= 4 is 11.9 Å². The number of carboxylic acids is 1. The van der Waals surface area contributed by atoms with Gasteiger partial charge in [-0.05, 0) is 31.9 Å². The summed E-state index contributed by atoms with van der Waals surface area (Å²) in [6, 6.07) is 4.62. The molecule has 2 N–H and O–H groups in total. The fourth-order valence-electron chi connectivity index (χ4n) is 1.69. The average Bonchev–Trinajstić information content (AvgIpc) is 3.22. The minimum Gasteiger partial charge on any atom is -0.497 e. The summed E-state index contributed by atoms with van der Waals surface area (Å²) in [7, 11) is 1.47. The van der Waals surface area contributed by atoms with Gasteiger partial charge in [0, 0.05) is 12.1 Å². The van der Waals surface area contributed by atoms with Crippen LogP contribution in [0, 0.1) is 0 Å². The largest absolute Gasteiger partial charge is 0.497 e. The predicted molar refractivity (Wildman–Crippen MR) is 71.2 cm³/mol. The van der Waals surface area contributed by atoms with Gasteiger partial charge in [-0.2, -0.15) is 0 Å². The number of carboxylic acid groups (broad SMARTS) is 1. The number of hydrogen-bond donors (Lipinski definition) is 2. The Hall–Kier alpha value is -2.24. The lowest BCUT2D eigenvalue weighted by Crippen LogP contribution is -2.37. The maximum absolute atomic E-state index is 11.8. The third-order valence-electron chi connectivity index (χ3n) is 3.02. The Morgan fingerprint density at radius 3 is 2.65 bits per heavy atom. The van der Waals surface area contributed by atoms with Gasteiger partial charge in [-0.25, -0.2) is 4.79 Å². The number of ether oxygens (including phenoxy) is 2. The molecule has 0 spiro atoms. The Labute approximate surface area is 116 Å². The van der Waals surface area contributed by atoms with Crippen LogP contribution in [0.5, 0.6) is 11.5 Å². The normalized spacial score (nSPS) is 15.3. The number of carbonyl (C=O) groups is 2. The molecule has 1 aromatic carbocycles. The van der Waals surface area contributed by atoms with Crippen molar-refractivity contribution in [1.29, 1.82) is 0 Å². The second-order valence-electron chi connectivity index (χ2n) is 4.71. The van der Waals surface area contributed by atoms with Crippen molar-refractivity contribution in [3.8, 4) is 11.5 Å². The SMILES string of the molecule is COc1ccc(C(=O)O)c(OC(C)C(=O)NC2CC2)c1. The van der Waals surface area contributed by atoms with Crippen LogP contribution in [-0.4, -0.2) is 36.2 Å². The zero-order valence-corrected chi connectivity index (χ0v) is 11.4. The Morgan fingerprint density at radius 2 is 2.10 bits per heavy atom. The van der Waals surface area contributed by atoms with Gasteiger partial charge in [0.1, 0.15) is 17.1 Å². The molecule has 0 heterocycles. The van der Waals surface area contributed by atoms with Crippen LogP contribution in [0.4, 0.5) is 0 Å². The first kappa shape index (κ1) is 14.2. The highest BCUT2D eigenvalue weighted by molar-refractivity contribution is 5.91. The molecule has 1 saturated carbocycles. The number of methoxy groups -OCH3 is 1. The molecular formula is C14H17NO5. The van der Waals surface area contributed by atoms with Crippen LogP contribution < -0.4 is 14.8 Å². The number of hydrogen-bond acceptors (Lipinski definition) is 4. The van der Waals surface area contributed by atoms with E-state index < -0.39 is 12.1 Å². The van der Waals surface area contributed by atoms with Gasteiger partial charge >= 0.3 is 5.97 Å². The van der Waals surface area contributed by atoms with Gasteiger partial charge in [-0.1, -0.05) is 0 Å². The number of amides is 1. The van der Waals surface area contributed by atoms with Gasteiger partial charge in [-0.3, -0.25) is 4.79 Å². The van der Waals surface area contributed by atoms with Crippen molar-refractivity contribution in [3.63, 3.8) is 0 Å².